The Morgan fingerprint density at radius 2 is 2.14 bits per heavy atom. The van der Waals surface area contributed by atoms with Gasteiger partial charge in [0.25, 0.3) is 0 Å². The summed E-state index contributed by atoms with van der Waals surface area (Å²) in [6, 6.07) is 5.75. The molecule has 122 valence electrons. The molecule has 22 heavy (non-hydrogen) atoms. The maximum Gasteiger partial charge on any atom is 0.307 e. The average Bonchev–Trinajstić information content (AvgIpc) is 2.54. The number of hydrogen-bond donors (Lipinski definition) is 1. The van der Waals surface area contributed by atoms with Gasteiger partial charge < -0.3 is 14.8 Å². The highest BCUT2D eigenvalue weighted by Gasteiger charge is 2.22. The molecule has 0 saturated heterocycles. The number of carbonyl (C=O) groups is 1. The molecule has 1 aliphatic carbocycles. The molecular formula is C17H26N2O3. The van der Waals surface area contributed by atoms with Crippen molar-refractivity contribution in [1.82, 2.24) is 10.3 Å². The van der Waals surface area contributed by atoms with Crippen LogP contribution in [-0.4, -0.2) is 36.8 Å². The van der Waals surface area contributed by atoms with E-state index in [0.717, 1.165) is 38.1 Å². The van der Waals surface area contributed by atoms with Crippen molar-refractivity contribution in [2.24, 2.45) is 5.92 Å². The lowest BCUT2D eigenvalue weighted by Gasteiger charge is -2.28. The third-order valence-electron chi connectivity index (χ3n) is 3.96. The Kier molecular flexibility index (Phi) is 7.16. The van der Waals surface area contributed by atoms with Gasteiger partial charge in [-0.25, -0.2) is 4.98 Å². The van der Waals surface area contributed by atoms with E-state index < -0.39 is 0 Å². The maximum atomic E-state index is 11.2. The molecule has 1 fully saturated rings. The first-order valence-electron chi connectivity index (χ1n) is 8.22. The molecular weight excluding hydrogens is 280 g/mol. The van der Waals surface area contributed by atoms with Crippen LogP contribution < -0.4 is 10.1 Å². The van der Waals surface area contributed by atoms with Crippen LogP contribution in [0.4, 0.5) is 0 Å². The van der Waals surface area contributed by atoms with Crippen molar-refractivity contribution in [3.8, 4) is 5.88 Å². The number of rotatable bonds is 8. The van der Waals surface area contributed by atoms with Crippen molar-refractivity contribution >= 4 is 5.97 Å². The van der Waals surface area contributed by atoms with E-state index in [-0.39, 0.29) is 12.1 Å². The second kappa shape index (κ2) is 9.41. The molecule has 1 saturated carbocycles. The molecule has 1 aromatic heterocycles. The predicted octanol–water partition coefficient (Wildman–Crippen LogP) is 2.56. The third kappa shape index (κ3) is 6.02. The number of ether oxygens (including phenoxy) is 2. The molecule has 1 heterocycles. The zero-order valence-electron chi connectivity index (χ0n) is 13.3. The first-order chi connectivity index (χ1) is 10.8. The molecule has 0 unspecified atom stereocenters. The van der Waals surface area contributed by atoms with E-state index in [1.165, 1.54) is 0 Å². The highest BCUT2D eigenvalue weighted by Crippen LogP contribution is 2.26. The molecule has 0 atom stereocenters. The molecule has 1 aromatic rings. The van der Waals surface area contributed by atoms with Crippen LogP contribution in [-0.2, 0) is 9.53 Å². The van der Waals surface area contributed by atoms with Gasteiger partial charge in [-0.2, -0.15) is 0 Å². The number of hydrogen-bond acceptors (Lipinski definition) is 5. The minimum Gasteiger partial charge on any atom is -0.474 e. The van der Waals surface area contributed by atoms with Crippen molar-refractivity contribution in [2.45, 2.75) is 45.1 Å². The Labute approximate surface area is 132 Å². The van der Waals surface area contributed by atoms with Crippen LogP contribution in [0.3, 0.4) is 0 Å². The van der Waals surface area contributed by atoms with E-state index in [1.54, 1.807) is 6.20 Å². The summed E-state index contributed by atoms with van der Waals surface area (Å²) in [6.45, 7) is 3.95. The van der Waals surface area contributed by atoms with Gasteiger partial charge in [-0.05, 0) is 51.1 Å². The number of esters is 1. The molecule has 1 N–H and O–H groups in total. The lowest BCUT2D eigenvalue weighted by atomic mass is 9.87. The smallest absolute Gasteiger partial charge is 0.307 e. The minimum absolute atomic E-state index is 0.123. The Hall–Kier alpha value is -1.62. The van der Waals surface area contributed by atoms with Gasteiger partial charge in [0.2, 0.25) is 5.88 Å². The highest BCUT2D eigenvalue weighted by molar-refractivity contribution is 5.69. The van der Waals surface area contributed by atoms with E-state index in [1.807, 2.05) is 25.1 Å². The molecule has 0 amide bonds. The zero-order chi connectivity index (χ0) is 15.6. The lowest BCUT2D eigenvalue weighted by molar-refractivity contribution is -0.142. The fraction of sp³-hybridized carbons (Fsp3) is 0.647. The van der Waals surface area contributed by atoms with Crippen LogP contribution in [0.15, 0.2) is 24.4 Å². The van der Waals surface area contributed by atoms with E-state index >= 15 is 0 Å². The summed E-state index contributed by atoms with van der Waals surface area (Å²) < 4.78 is 10.8. The number of carbonyl (C=O) groups excluding carboxylic acids is 1. The Morgan fingerprint density at radius 3 is 2.82 bits per heavy atom. The largest absolute Gasteiger partial charge is 0.474 e. The molecule has 0 aromatic carbocycles. The normalized spacial score (nSPS) is 21.3. The molecule has 0 spiro atoms. The maximum absolute atomic E-state index is 11.2. The van der Waals surface area contributed by atoms with Gasteiger partial charge in [-0.3, -0.25) is 4.79 Å². The van der Waals surface area contributed by atoms with Crippen molar-refractivity contribution in [3.05, 3.63) is 24.4 Å². The van der Waals surface area contributed by atoms with Gasteiger partial charge >= 0.3 is 5.97 Å². The van der Waals surface area contributed by atoms with Gasteiger partial charge in [0.1, 0.15) is 6.10 Å². The first-order valence-corrected chi connectivity index (χ1v) is 8.22. The van der Waals surface area contributed by atoms with Crippen LogP contribution in [0.2, 0.25) is 0 Å². The molecule has 5 heteroatoms. The lowest BCUT2D eigenvalue weighted by Crippen LogP contribution is -2.31. The summed E-state index contributed by atoms with van der Waals surface area (Å²) in [7, 11) is 0. The van der Waals surface area contributed by atoms with Gasteiger partial charge in [0.05, 0.1) is 13.0 Å². The van der Waals surface area contributed by atoms with Gasteiger partial charge in [-0.1, -0.05) is 6.07 Å². The number of aromatic nitrogens is 1. The van der Waals surface area contributed by atoms with E-state index in [0.29, 0.717) is 25.5 Å². The van der Waals surface area contributed by atoms with Crippen molar-refractivity contribution in [2.75, 3.05) is 19.7 Å². The van der Waals surface area contributed by atoms with Crippen molar-refractivity contribution < 1.29 is 14.3 Å². The quantitative estimate of drug-likeness (QED) is 0.591. The predicted molar refractivity (Wildman–Crippen MR) is 84.7 cm³/mol. The minimum atomic E-state index is -0.123. The van der Waals surface area contributed by atoms with Crippen LogP contribution in [0.5, 0.6) is 5.88 Å². The van der Waals surface area contributed by atoms with E-state index in [2.05, 4.69) is 10.3 Å². The van der Waals surface area contributed by atoms with Gasteiger partial charge in [-0.15, -0.1) is 0 Å². The SMILES string of the molecule is CCOC(=O)CCNCC1CCC(Oc2ccccn2)CC1. The second-order valence-electron chi connectivity index (χ2n) is 5.69. The van der Waals surface area contributed by atoms with Gasteiger partial charge in [0.15, 0.2) is 0 Å². The fourth-order valence-corrected chi connectivity index (χ4v) is 2.77. The number of nitrogens with zero attached hydrogens (tertiary/aromatic N) is 1. The fourth-order valence-electron chi connectivity index (χ4n) is 2.77. The summed E-state index contributed by atoms with van der Waals surface area (Å²) in [4.78, 5) is 15.4. The van der Waals surface area contributed by atoms with Crippen molar-refractivity contribution in [1.29, 1.82) is 0 Å². The van der Waals surface area contributed by atoms with Crippen LogP contribution in [0, 0.1) is 5.92 Å². The summed E-state index contributed by atoms with van der Waals surface area (Å²) in [5, 5.41) is 3.35. The highest BCUT2D eigenvalue weighted by atomic mass is 16.5. The van der Waals surface area contributed by atoms with Crippen LogP contribution in [0.1, 0.15) is 39.0 Å². The van der Waals surface area contributed by atoms with Crippen LogP contribution in [0.25, 0.3) is 0 Å². The summed E-state index contributed by atoms with van der Waals surface area (Å²) in [5.41, 5.74) is 0. The monoisotopic (exact) mass is 306 g/mol. The molecule has 0 bridgehead atoms. The zero-order valence-corrected chi connectivity index (χ0v) is 13.3. The summed E-state index contributed by atoms with van der Waals surface area (Å²) in [5.74, 6) is 1.27. The number of pyridine rings is 1. The van der Waals surface area contributed by atoms with Gasteiger partial charge in [0, 0.05) is 18.8 Å². The topological polar surface area (TPSA) is 60.5 Å². The molecule has 5 nitrogen and oxygen atoms in total. The standard InChI is InChI=1S/C17H26N2O3/c1-2-21-17(20)10-12-18-13-14-6-8-15(9-7-14)22-16-5-3-4-11-19-16/h3-5,11,14-15,18H,2,6-10,12-13H2,1H3. The molecule has 1 aliphatic rings. The molecule has 0 aliphatic heterocycles. The molecule has 2 rings (SSSR count). The number of nitrogens with one attached hydrogen (secondary N) is 1. The Bertz CT molecular complexity index is 431. The Balaban J connectivity index is 1.56. The molecule has 0 radical (unpaired) electrons. The Morgan fingerprint density at radius 1 is 1.32 bits per heavy atom. The third-order valence-corrected chi connectivity index (χ3v) is 3.96. The average molecular weight is 306 g/mol. The van der Waals surface area contributed by atoms with E-state index in [4.69, 9.17) is 9.47 Å². The van der Waals surface area contributed by atoms with E-state index in [9.17, 15) is 4.79 Å². The summed E-state index contributed by atoms with van der Waals surface area (Å²) in [6.07, 6.45) is 6.95. The first kappa shape index (κ1) is 16.7. The van der Waals surface area contributed by atoms with Crippen LogP contribution >= 0.6 is 0 Å². The summed E-state index contributed by atoms with van der Waals surface area (Å²) >= 11 is 0. The van der Waals surface area contributed by atoms with Crippen molar-refractivity contribution in [3.63, 3.8) is 0 Å². The second-order valence-corrected chi connectivity index (χ2v) is 5.69.